The van der Waals surface area contributed by atoms with Gasteiger partial charge < -0.3 is 14.8 Å². The van der Waals surface area contributed by atoms with E-state index in [4.69, 9.17) is 9.47 Å². The van der Waals surface area contributed by atoms with E-state index in [0.29, 0.717) is 6.54 Å². The van der Waals surface area contributed by atoms with Crippen molar-refractivity contribution in [3.05, 3.63) is 30.3 Å². The summed E-state index contributed by atoms with van der Waals surface area (Å²) >= 11 is 0. The first-order chi connectivity index (χ1) is 9.84. The maximum absolute atomic E-state index is 11.6. The molecule has 2 rings (SSSR count). The number of carbonyl (C=O) groups is 1. The normalized spacial score (nSPS) is 15.0. The van der Waals surface area contributed by atoms with Crippen LogP contribution in [0.3, 0.4) is 0 Å². The highest BCUT2D eigenvalue weighted by Gasteiger charge is 2.09. The fourth-order valence-corrected chi connectivity index (χ4v) is 2.07. The third-order valence-electron chi connectivity index (χ3n) is 3.19. The summed E-state index contributed by atoms with van der Waals surface area (Å²) in [4.78, 5) is 14.0. The number of rotatable bonds is 7. The molecule has 1 aliphatic rings. The molecule has 1 aliphatic heterocycles. The van der Waals surface area contributed by atoms with E-state index in [0.717, 1.165) is 45.0 Å². The standard InChI is InChI=1S/C15H22N2O3.ClH/c18-15(13-20-14-5-2-1-3-6-14)16-7-4-8-17-9-11-19-12-10-17;/h1-3,5-6H,4,7-13H2,(H,16,18);1H. The van der Waals surface area contributed by atoms with E-state index in [1.54, 1.807) is 0 Å². The molecule has 118 valence electrons. The van der Waals surface area contributed by atoms with Gasteiger partial charge in [-0.2, -0.15) is 0 Å². The van der Waals surface area contributed by atoms with Crippen molar-refractivity contribution in [3.8, 4) is 5.75 Å². The van der Waals surface area contributed by atoms with Gasteiger partial charge in [-0.25, -0.2) is 0 Å². The predicted octanol–water partition coefficient (Wildman–Crippen LogP) is 1.33. The molecule has 0 aliphatic carbocycles. The van der Waals surface area contributed by atoms with Crippen LogP contribution in [-0.4, -0.2) is 56.8 Å². The Morgan fingerprint density at radius 3 is 2.67 bits per heavy atom. The highest BCUT2D eigenvalue weighted by Crippen LogP contribution is 2.07. The molecule has 0 bridgehead atoms. The molecule has 0 radical (unpaired) electrons. The number of carbonyl (C=O) groups excluding carboxylic acids is 1. The molecule has 5 nitrogen and oxygen atoms in total. The third-order valence-corrected chi connectivity index (χ3v) is 3.19. The first-order valence-corrected chi connectivity index (χ1v) is 7.09. The van der Waals surface area contributed by atoms with Gasteiger partial charge in [0, 0.05) is 19.6 Å². The number of para-hydroxylation sites is 1. The SMILES string of the molecule is Cl.O=C(COc1ccccc1)NCCCN1CCOCC1. The molecular formula is C15H23ClN2O3. The Hall–Kier alpha value is -1.30. The molecule has 0 atom stereocenters. The smallest absolute Gasteiger partial charge is 0.257 e. The van der Waals surface area contributed by atoms with Gasteiger partial charge in [0.2, 0.25) is 0 Å². The summed E-state index contributed by atoms with van der Waals surface area (Å²) in [6.07, 6.45) is 0.955. The summed E-state index contributed by atoms with van der Waals surface area (Å²) in [5, 5.41) is 2.87. The van der Waals surface area contributed by atoms with Crippen molar-refractivity contribution in [1.29, 1.82) is 0 Å². The van der Waals surface area contributed by atoms with Crippen LogP contribution in [0.2, 0.25) is 0 Å². The number of hydrogen-bond acceptors (Lipinski definition) is 4. The average Bonchev–Trinajstić information content (AvgIpc) is 2.52. The number of benzene rings is 1. The number of hydrogen-bond donors (Lipinski definition) is 1. The van der Waals surface area contributed by atoms with E-state index < -0.39 is 0 Å². The van der Waals surface area contributed by atoms with Gasteiger partial charge in [0.25, 0.3) is 5.91 Å². The predicted molar refractivity (Wildman–Crippen MR) is 84.1 cm³/mol. The van der Waals surface area contributed by atoms with Crippen LogP contribution in [0, 0.1) is 0 Å². The second-order valence-corrected chi connectivity index (χ2v) is 4.76. The fourth-order valence-electron chi connectivity index (χ4n) is 2.07. The molecule has 1 amide bonds. The van der Waals surface area contributed by atoms with Crippen LogP contribution in [0.4, 0.5) is 0 Å². The molecule has 0 aromatic heterocycles. The second-order valence-electron chi connectivity index (χ2n) is 4.76. The van der Waals surface area contributed by atoms with Crippen LogP contribution in [0.5, 0.6) is 5.75 Å². The van der Waals surface area contributed by atoms with Gasteiger partial charge in [-0.15, -0.1) is 12.4 Å². The Kier molecular flexibility index (Phi) is 8.82. The van der Waals surface area contributed by atoms with E-state index in [1.807, 2.05) is 30.3 Å². The molecule has 1 aromatic rings. The molecule has 0 spiro atoms. The molecule has 1 N–H and O–H groups in total. The minimum absolute atomic E-state index is 0. The first-order valence-electron chi connectivity index (χ1n) is 7.09. The minimum Gasteiger partial charge on any atom is -0.484 e. The minimum atomic E-state index is -0.0733. The van der Waals surface area contributed by atoms with Crippen LogP contribution in [0.15, 0.2) is 30.3 Å². The van der Waals surface area contributed by atoms with Gasteiger partial charge in [0.1, 0.15) is 5.75 Å². The van der Waals surface area contributed by atoms with E-state index in [1.165, 1.54) is 0 Å². The average molecular weight is 315 g/mol. The lowest BCUT2D eigenvalue weighted by atomic mass is 10.3. The van der Waals surface area contributed by atoms with E-state index in [-0.39, 0.29) is 24.9 Å². The van der Waals surface area contributed by atoms with E-state index in [2.05, 4.69) is 10.2 Å². The number of halogens is 1. The molecule has 1 saturated heterocycles. The third kappa shape index (κ3) is 7.32. The highest BCUT2D eigenvalue weighted by molar-refractivity contribution is 5.85. The van der Waals surface area contributed by atoms with E-state index in [9.17, 15) is 4.79 Å². The Bertz CT molecular complexity index is 397. The Morgan fingerprint density at radius 1 is 1.24 bits per heavy atom. The summed E-state index contributed by atoms with van der Waals surface area (Å²) in [7, 11) is 0. The number of morpholine rings is 1. The number of nitrogens with zero attached hydrogens (tertiary/aromatic N) is 1. The Labute approximate surface area is 132 Å². The first kappa shape index (κ1) is 17.8. The van der Waals surface area contributed by atoms with Gasteiger partial charge in [-0.3, -0.25) is 9.69 Å². The van der Waals surface area contributed by atoms with Crippen molar-refractivity contribution in [1.82, 2.24) is 10.2 Å². The summed E-state index contributed by atoms with van der Waals surface area (Å²) in [6, 6.07) is 9.36. The Balaban J connectivity index is 0.00000220. The van der Waals surface area contributed by atoms with Crippen LogP contribution in [-0.2, 0) is 9.53 Å². The zero-order valence-electron chi connectivity index (χ0n) is 12.1. The van der Waals surface area contributed by atoms with Crippen molar-refractivity contribution in [2.75, 3.05) is 46.0 Å². The van der Waals surface area contributed by atoms with Gasteiger partial charge in [0.05, 0.1) is 13.2 Å². The number of amides is 1. The molecule has 1 aromatic carbocycles. The van der Waals surface area contributed by atoms with Crippen molar-refractivity contribution in [2.45, 2.75) is 6.42 Å². The summed E-state index contributed by atoms with van der Waals surface area (Å²) in [6.45, 7) is 5.38. The molecule has 0 unspecified atom stereocenters. The summed E-state index contributed by atoms with van der Waals surface area (Å²) < 4.78 is 10.7. The molecule has 0 saturated carbocycles. The number of ether oxygens (including phenoxy) is 2. The molecule has 1 fully saturated rings. The van der Waals surface area contributed by atoms with Crippen molar-refractivity contribution in [3.63, 3.8) is 0 Å². The van der Waals surface area contributed by atoms with Gasteiger partial charge in [-0.1, -0.05) is 18.2 Å². The van der Waals surface area contributed by atoms with Crippen LogP contribution in [0.1, 0.15) is 6.42 Å². The maximum Gasteiger partial charge on any atom is 0.257 e. The molecule has 21 heavy (non-hydrogen) atoms. The quantitative estimate of drug-likeness (QED) is 0.771. The lowest BCUT2D eigenvalue weighted by molar-refractivity contribution is -0.123. The van der Waals surface area contributed by atoms with Gasteiger partial charge in [0.15, 0.2) is 6.61 Å². The second kappa shape index (κ2) is 10.4. The van der Waals surface area contributed by atoms with Crippen LogP contribution >= 0.6 is 12.4 Å². The van der Waals surface area contributed by atoms with Crippen LogP contribution < -0.4 is 10.1 Å². The Morgan fingerprint density at radius 2 is 1.95 bits per heavy atom. The van der Waals surface area contributed by atoms with E-state index >= 15 is 0 Å². The zero-order valence-corrected chi connectivity index (χ0v) is 12.9. The van der Waals surface area contributed by atoms with Gasteiger partial charge in [-0.05, 0) is 25.1 Å². The molecule has 1 heterocycles. The highest BCUT2D eigenvalue weighted by atomic mass is 35.5. The number of nitrogens with one attached hydrogen (secondary N) is 1. The monoisotopic (exact) mass is 314 g/mol. The summed E-state index contributed by atoms with van der Waals surface area (Å²) in [5.41, 5.74) is 0. The zero-order chi connectivity index (χ0) is 14.0. The van der Waals surface area contributed by atoms with Crippen molar-refractivity contribution < 1.29 is 14.3 Å². The summed E-state index contributed by atoms with van der Waals surface area (Å²) in [5.74, 6) is 0.645. The topological polar surface area (TPSA) is 50.8 Å². The van der Waals surface area contributed by atoms with Gasteiger partial charge >= 0.3 is 0 Å². The van der Waals surface area contributed by atoms with Crippen molar-refractivity contribution in [2.24, 2.45) is 0 Å². The maximum atomic E-state index is 11.6. The molecular weight excluding hydrogens is 292 g/mol. The fraction of sp³-hybridized carbons (Fsp3) is 0.533. The van der Waals surface area contributed by atoms with Crippen molar-refractivity contribution >= 4 is 18.3 Å². The molecule has 6 heteroatoms. The largest absolute Gasteiger partial charge is 0.484 e. The van der Waals surface area contributed by atoms with Crippen LogP contribution in [0.25, 0.3) is 0 Å². The lowest BCUT2D eigenvalue weighted by Gasteiger charge is -2.26. The lowest BCUT2D eigenvalue weighted by Crippen LogP contribution is -2.38.